The second kappa shape index (κ2) is 7.66. The van der Waals surface area contributed by atoms with Crippen LogP contribution in [0, 0.1) is 5.41 Å². The summed E-state index contributed by atoms with van der Waals surface area (Å²) in [5.74, 6) is 0. The molecule has 0 saturated carbocycles. The molecule has 104 valence electrons. The van der Waals surface area contributed by atoms with Crippen molar-refractivity contribution in [3.63, 3.8) is 0 Å². The summed E-state index contributed by atoms with van der Waals surface area (Å²) in [6, 6.07) is 4.44. The summed E-state index contributed by atoms with van der Waals surface area (Å²) >= 11 is 0. The lowest BCUT2D eigenvalue weighted by atomic mass is 9.77. The van der Waals surface area contributed by atoms with Gasteiger partial charge in [0.05, 0.1) is 0 Å². The van der Waals surface area contributed by atoms with Gasteiger partial charge in [-0.05, 0) is 36.8 Å². The second-order valence-corrected chi connectivity index (χ2v) is 6.16. The third-order valence-corrected chi connectivity index (χ3v) is 4.15. The maximum Gasteiger partial charge on any atom is 0.0177 e. The van der Waals surface area contributed by atoms with Gasteiger partial charge in [-0.2, -0.15) is 0 Å². The summed E-state index contributed by atoms with van der Waals surface area (Å²) in [4.78, 5) is 0. The average molecular weight is 249 g/mol. The van der Waals surface area contributed by atoms with Crippen molar-refractivity contribution in [2.75, 3.05) is 0 Å². The molecule has 1 heterocycles. The van der Waals surface area contributed by atoms with E-state index >= 15 is 0 Å². The van der Waals surface area contributed by atoms with Gasteiger partial charge in [0.2, 0.25) is 0 Å². The normalized spacial score (nSPS) is 14.7. The first-order valence-electron chi connectivity index (χ1n) is 7.71. The smallest absolute Gasteiger partial charge is 0.0177 e. The topological polar surface area (TPSA) is 4.93 Å². The quantitative estimate of drug-likeness (QED) is 0.520. The molecule has 0 spiro atoms. The molecule has 0 bridgehead atoms. The fraction of sp³-hybridized carbons (Fsp3) is 0.765. The summed E-state index contributed by atoms with van der Waals surface area (Å²) in [6.07, 6.45) is 13.0. The van der Waals surface area contributed by atoms with E-state index < -0.39 is 0 Å². The van der Waals surface area contributed by atoms with Crippen LogP contribution in [0.4, 0.5) is 0 Å². The summed E-state index contributed by atoms with van der Waals surface area (Å²) in [5.41, 5.74) is 1.98. The first kappa shape index (κ1) is 15.3. The van der Waals surface area contributed by atoms with Gasteiger partial charge in [-0.15, -0.1) is 0 Å². The molecule has 0 aliphatic carbocycles. The van der Waals surface area contributed by atoms with E-state index in [9.17, 15) is 0 Å². The Hall–Kier alpha value is -0.720. The molecule has 0 aromatic carbocycles. The fourth-order valence-corrected chi connectivity index (χ4v) is 3.00. The van der Waals surface area contributed by atoms with Crippen LogP contribution in [0.2, 0.25) is 0 Å². The third-order valence-electron chi connectivity index (χ3n) is 4.15. The Labute approximate surface area is 114 Å². The van der Waals surface area contributed by atoms with Gasteiger partial charge in [0, 0.05) is 18.9 Å². The minimum atomic E-state index is 0.495. The van der Waals surface area contributed by atoms with Gasteiger partial charge in [0.25, 0.3) is 0 Å². The molecule has 0 radical (unpaired) electrons. The Bertz CT molecular complexity index is 326. The van der Waals surface area contributed by atoms with Crippen LogP contribution in [-0.4, -0.2) is 4.57 Å². The van der Waals surface area contributed by atoms with Gasteiger partial charge >= 0.3 is 0 Å². The van der Waals surface area contributed by atoms with Crippen LogP contribution in [0.5, 0.6) is 0 Å². The highest BCUT2D eigenvalue weighted by molar-refractivity contribution is 5.09. The van der Waals surface area contributed by atoms with E-state index in [0.29, 0.717) is 5.41 Å². The van der Waals surface area contributed by atoms with Crippen LogP contribution in [0.25, 0.3) is 0 Å². The fourth-order valence-electron chi connectivity index (χ4n) is 3.00. The number of aromatic nitrogens is 1. The number of aryl methyl sites for hydroxylation is 1. The first-order valence-corrected chi connectivity index (χ1v) is 7.71. The van der Waals surface area contributed by atoms with E-state index in [4.69, 9.17) is 0 Å². The Morgan fingerprint density at radius 1 is 1.06 bits per heavy atom. The summed E-state index contributed by atoms with van der Waals surface area (Å²) in [7, 11) is 2.17. The molecule has 1 unspecified atom stereocenters. The van der Waals surface area contributed by atoms with E-state index in [2.05, 4.69) is 50.7 Å². The van der Waals surface area contributed by atoms with Crippen molar-refractivity contribution in [3.05, 3.63) is 24.0 Å². The molecule has 18 heavy (non-hydrogen) atoms. The summed E-state index contributed by atoms with van der Waals surface area (Å²) in [6.45, 7) is 7.08. The molecule has 0 aliphatic heterocycles. The molecule has 1 nitrogen and oxygen atoms in total. The number of rotatable bonds is 9. The molecule has 0 N–H and O–H groups in total. The minimum Gasteiger partial charge on any atom is -0.354 e. The van der Waals surface area contributed by atoms with Crippen LogP contribution >= 0.6 is 0 Å². The molecule has 0 saturated heterocycles. The van der Waals surface area contributed by atoms with E-state index in [1.54, 1.807) is 0 Å². The van der Waals surface area contributed by atoms with Crippen LogP contribution in [0.15, 0.2) is 18.3 Å². The SMILES string of the molecule is CCCCCCC(C)(CCC)Cc1cccn1C. The summed E-state index contributed by atoms with van der Waals surface area (Å²) in [5, 5.41) is 0. The van der Waals surface area contributed by atoms with Crippen molar-refractivity contribution >= 4 is 0 Å². The largest absolute Gasteiger partial charge is 0.354 e. The van der Waals surface area contributed by atoms with Gasteiger partial charge in [0.1, 0.15) is 0 Å². The number of unbranched alkanes of at least 4 members (excludes halogenated alkanes) is 3. The van der Waals surface area contributed by atoms with Crippen LogP contribution in [0.1, 0.15) is 71.4 Å². The monoisotopic (exact) mass is 249 g/mol. The van der Waals surface area contributed by atoms with Crippen LogP contribution < -0.4 is 0 Å². The van der Waals surface area contributed by atoms with Gasteiger partial charge in [-0.3, -0.25) is 0 Å². The van der Waals surface area contributed by atoms with E-state index in [1.807, 2.05) is 0 Å². The third kappa shape index (κ3) is 4.88. The molecule has 0 fully saturated rings. The lowest BCUT2D eigenvalue weighted by molar-refractivity contribution is 0.252. The van der Waals surface area contributed by atoms with Crippen molar-refractivity contribution in [2.24, 2.45) is 12.5 Å². The predicted molar refractivity (Wildman–Crippen MR) is 80.9 cm³/mol. The average Bonchev–Trinajstić information content (AvgIpc) is 2.71. The number of hydrogen-bond acceptors (Lipinski definition) is 0. The number of nitrogens with zero attached hydrogens (tertiary/aromatic N) is 1. The Balaban J connectivity index is 2.53. The first-order chi connectivity index (χ1) is 8.61. The standard InChI is InChI=1S/C17H31N/c1-5-7-8-9-13-17(3,12-6-2)15-16-11-10-14-18(16)4/h10-11,14H,5-9,12-13,15H2,1-4H3. The lowest BCUT2D eigenvalue weighted by Gasteiger charge is -2.30. The van der Waals surface area contributed by atoms with E-state index in [-0.39, 0.29) is 0 Å². The van der Waals surface area contributed by atoms with Crippen molar-refractivity contribution in [1.82, 2.24) is 4.57 Å². The molecule has 1 heteroatoms. The number of hydrogen-bond donors (Lipinski definition) is 0. The Morgan fingerprint density at radius 2 is 1.83 bits per heavy atom. The lowest BCUT2D eigenvalue weighted by Crippen LogP contribution is -2.21. The highest BCUT2D eigenvalue weighted by atomic mass is 14.9. The zero-order chi connectivity index (χ0) is 13.4. The van der Waals surface area contributed by atoms with E-state index in [0.717, 1.165) is 0 Å². The second-order valence-electron chi connectivity index (χ2n) is 6.16. The van der Waals surface area contributed by atoms with Crippen molar-refractivity contribution in [1.29, 1.82) is 0 Å². The van der Waals surface area contributed by atoms with Crippen molar-refractivity contribution in [2.45, 2.75) is 72.1 Å². The Kier molecular flexibility index (Phi) is 6.52. The molecule has 1 atom stereocenters. The molecule has 0 aliphatic rings. The van der Waals surface area contributed by atoms with Crippen LogP contribution in [-0.2, 0) is 13.5 Å². The zero-order valence-corrected chi connectivity index (χ0v) is 12.8. The maximum absolute atomic E-state index is 2.48. The molecular formula is C17H31N. The van der Waals surface area contributed by atoms with Gasteiger partial charge < -0.3 is 4.57 Å². The van der Waals surface area contributed by atoms with Gasteiger partial charge in [-0.1, -0.05) is 52.9 Å². The van der Waals surface area contributed by atoms with Crippen molar-refractivity contribution in [3.8, 4) is 0 Å². The van der Waals surface area contributed by atoms with Gasteiger partial charge in [-0.25, -0.2) is 0 Å². The molecule has 1 aromatic rings. The molecule has 1 aromatic heterocycles. The van der Waals surface area contributed by atoms with Crippen LogP contribution in [0.3, 0.4) is 0 Å². The highest BCUT2D eigenvalue weighted by Gasteiger charge is 2.24. The summed E-state index contributed by atoms with van der Waals surface area (Å²) < 4.78 is 2.28. The molecule has 1 rings (SSSR count). The molecule has 0 amide bonds. The molecular weight excluding hydrogens is 218 g/mol. The predicted octanol–water partition coefficient (Wildman–Crippen LogP) is 5.34. The Morgan fingerprint density at radius 3 is 2.39 bits per heavy atom. The highest BCUT2D eigenvalue weighted by Crippen LogP contribution is 2.34. The maximum atomic E-state index is 2.48. The van der Waals surface area contributed by atoms with E-state index in [1.165, 1.54) is 57.1 Å². The van der Waals surface area contributed by atoms with Gasteiger partial charge in [0.15, 0.2) is 0 Å². The minimum absolute atomic E-state index is 0.495. The van der Waals surface area contributed by atoms with Crippen molar-refractivity contribution < 1.29 is 0 Å². The zero-order valence-electron chi connectivity index (χ0n) is 12.8.